The van der Waals surface area contributed by atoms with Gasteiger partial charge in [-0.05, 0) is 29.8 Å². The van der Waals surface area contributed by atoms with Gasteiger partial charge in [-0.2, -0.15) is 4.31 Å². The van der Waals surface area contributed by atoms with Crippen LogP contribution in [-0.2, 0) is 21.4 Å². The van der Waals surface area contributed by atoms with Gasteiger partial charge in [0.25, 0.3) is 0 Å². The highest BCUT2D eigenvalue weighted by atomic mass is 32.2. The van der Waals surface area contributed by atoms with E-state index in [9.17, 15) is 13.2 Å². The number of carbonyl (C=O) groups is 1. The molecule has 0 unspecified atom stereocenters. The first-order chi connectivity index (χ1) is 12.4. The molecule has 140 valence electrons. The minimum atomic E-state index is -3.93. The van der Waals surface area contributed by atoms with Gasteiger partial charge in [-0.25, -0.2) is 8.42 Å². The standard InChI is InChI=1S/C17H21N3O5S/c1-20(12-17(21)19-11-13-6-8-18-9-7-13)26(22,23)16-10-14(24-2)4-5-15(16)25-3/h4-10H,11-12H2,1-3H3,(H,19,21). The van der Waals surface area contributed by atoms with Crippen LogP contribution in [0.3, 0.4) is 0 Å². The van der Waals surface area contributed by atoms with E-state index in [0.717, 1.165) is 9.87 Å². The molecule has 1 N–H and O–H groups in total. The number of benzene rings is 1. The summed E-state index contributed by atoms with van der Waals surface area (Å²) in [7, 11) is 0.215. The third kappa shape index (κ3) is 4.70. The predicted molar refractivity (Wildman–Crippen MR) is 95.4 cm³/mol. The highest BCUT2D eigenvalue weighted by molar-refractivity contribution is 7.89. The SMILES string of the molecule is COc1ccc(OC)c(S(=O)(=O)N(C)CC(=O)NCc2ccncc2)c1. The lowest BCUT2D eigenvalue weighted by Gasteiger charge is -2.19. The number of amides is 1. The van der Waals surface area contributed by atoms with Crippen LogP contribution in [0.4, 0.5) is 0 Å². The smallest absolute Gasteiger partial charge is 0.247 e. The number of pyridine rings is 1. The maximum absolute atomic E-state index is 12.8. The number of aromatic nitrogens is 1. The van der Waals surface area contributed by atoms with E-state index in [0.29, 0.717) is 5.75 Å². The van der Waals surface area contributed by atoms with Crippen LogP contribution in [-0.4, -0.2) is 51.4 Å². The summed E-state index contributed by atoms with van der Waals surface area (Å²) in [6.45, 7) is -0.0362. The summed E-state index contributed by atoms with van der Waals surface area (Å²) in [6, 6.07) is 7.99. The van der Waals surface area contributed by atoms with Crippen molar-refractivity contribution in [3.63, 3.8) is 0 Å². The fraction of sp³-hybridized carbons (Fsp3) is 0.294. The third-order valence-corrected chi connectivity index (χ3v) is 5.49. The second-order valence-electron chi connectivity index (χ2n) is 5.41. The maximum atomic E-state index is 12.8. The van der Waals surface area contributed by atoms with Crippen molar-refractivity contribution in [1.82, 2.24) is 14.6 Å². The van der Waals surface area contributed by atoms with Crippen molar-refractivity contribution in [2.75, 3.05) is 27.8 Å². The fourth-order valence-corrected chi connectivity index (χ4v) is 3.49. The van der Waals surface area contributed by atoms with Crippen LogP contribution in [0.5, 0.6) is 11.5 Å². The van der Waals surface area contributed by atoms with Gasteiger partial charge < -0.3 is 14.8 Å². The number of likely N-dealkylation sites (N-methyl/N-ethyl adjacent to an activating group) is 1. The molecule has 1 amide bonds. The molecule has 26 heavy (non-hydrogen) atoms. The molecule has 0 saturated heterocycles. The summed E-state index contributed by atoms with van der Waals surface area (Å²) >= 11 is 0. The van der Waals surface area contributed by atoms with Crippen molar-refractivity contribution in [3.8, 4) is 11.5 Å². The second-order valence-corrected chi connectivity index (χ2v) is 7.42. The molecule has 0 saturated carbocycles. The first-order valence-corrected chi connectivity index (χ1v) is 9.16. The van der Waals surface area contributed by atoms with Gasteiger partial charge in [0, 0.05) is 32.1 Å². The molecule has 0 aliphatic heterocycles. The summed E-state index contributed by atoms with van der Waals surface area (Å²) in [6.07, 6.45) is 3.24. The van der Waals surface area contributed by atoms with Crippen molar-refractivity contribution in [2.24, 2.45) is 0 Å². The van der Waals surface area contributed by atoms with Crippen molar-refractivity contribution < 1.29 is 22.7 Å². The highest BCUT2D eigenvalue weighted by Gasteiger charge is 2.27. The first kappa shape index (κ1) is 19.7. The molecule has 9 heteroatoms. The number of methoxy groups -OCH3 is 2. The van der Waals surface area contributed by atoms with Gasteiger partial charge >= 0.3 is 0 Å². The van der Waals surface area contributed by atoms with Crippen molar-refractivity contribution >= 4 is 15.9 Å². The molecule has 2 rings (SSSR count). The average molecular weight is 379 g/mol. The van der Waals surface area contributed by atoms with Gasteiger partial charge in [-0.3, -0.25) is 9.78 Å². The van der Waals surface area contributed by atoms with Gasteiger partial charge in [0.1, 0.15) is 16.4 Å². The molecule has 0 spiro atoms. The number of rotatable bonds is 8. The van der Waals surface area contributed by atoms with E-state index >= 15 is 0 Å². The van der Waals surface area contributed by atoms with Gasteiger partial charge in [0.2, 0.25) is 15.9 Å². The lowest BCUT2D eigenvalue weighted by atomic mass is 10.3. The molecule has 8 nitrogen and oxygen atoms in total. The number of sulfonamides is 1. The van der Waals surface area contributed by atoms with Crippen LogP contribution in [0.15, 0.2) is 47.6 Å². The Morgan fingerprint density at radius 2 is 1.85 bits per heavy atom. The Morgan fingerprint density at radius 1 is 1.15 bits per heavy atom. The van der Waals surface area contributed by atoms with E-state index in [1.165, 1.54) is 33.4 Å². The molecule has 0 radical (unpaired) electrons. The van der Waals surface area contributed by atoms with Gasteiger partial charge in [-0.1, -0.05) is 0 Å². The zero-order valence-electron chi connectivity index (χ0n) is 14.8. The van der Waals surface area contributed by atoms with Gasteiger partial charge in [-0.15, -0.1) is 0 Å². The minimum Gasteiger partial charge on any atom is -0.497 e. The summed E-state index contributed by atoms with van der Waals surface area (Å²) in [5.74, 6) is 0.129. The van der Waals surface area contributed by atoms with E-state index in [2.05, 4.69) is 10.3 Å². The number of carbonyl (C=O) groups excluding carboxylic acids is 1. The van der Waals surface area contributed by atoms with E-state index in [1.54, 1.807) is 30.6 Å². The Morgan fingerprint density at radius 3 is 2.46 bits per heavy atom. The van der Waals surface area contributed by atoms with Crippen molar-refractivity contribution in [2.45, 2.75) is 11.4 Å². The molecule has 1 aromatic carbocycles. The highest BCUT2D eigenvalue weighted by Crippen LogP contribution is 2.30. The maximum Gasteiger partial charge on any atom is 0.247 e. The molecule has 1 aromatic heterocycles. The predicted octanol–water partition coefficient (Wildman–Crippen LogP) is 1.04. The Balaban J connectivity index is 2.10. The molecule has 0 bridgehead atoms. The lowest BCUT2D eigenvalue weighted by Crippen LogP contribution is -2.38. The van der Waals surface area contributed by atoms with Crippen LogP contribution in [0.2, 0.25) is 0 Å². The number of nitrogens with zero attached hydrogens (tertiary/aromatic N) is 2. The third-order valence-electron chi connectivity index (χ3n) is 3.66. The largest absolute Gasteiger partial charge is 0.497 e. The van der Waals surface area contributed by atoms with Crippen LogP contribution in [0.25, 0.3) is 0 Å². The van der Waals surface area contributed by atoms with E-state index in [-0.39, 0.29) is 23.7 Å². The zero-order chi connectivity index (χ0) is 19.2. The molecule has 1 heterocycles. The summed E-state index contributed by atoms with van der Waals surface area (Å²) in [4.78, 5) is 15.9. The zero-order valence-corrected chi connectivity index (χ0v) is 15.6. The lowest BCUT2D eigenvalue weighted by molar-refractivity contribution is -0.121. The number of ether oxygens (including phenoxy) is 2. The molecular weight excluding hydrogens is 358 g/mol. The number of hydrogen-bond acceptors (Lipinski definition) is 6. The fourth-order valence-electron chi connectivity index (χ4n) is 2.20. The van der Waals surface area contributed by atoms with Crippen molar-refractivity contribution in [1.29, 1.82) is 0 Å². The molecular formula is C17H21N3O5S. The Bertz CT molecular complexity index is 856. The Kier molecular flexibility index (Phi) is 6.53. The Hall–Kier alpha value is -2.65. The van der Waals surface area contributed by atoms with E-state index in [4.69, 9.17) is 9.47 Å². The summed E-state index contributed by atoms with van der Waals surface area (Å²) in [5.41, 5.74) is 0.869. The molecule has 0 fully saturated rings. The van der Waals surface area contributed by atoms with Crippen molar-refractivity contribution in [3.05, 3.63) is 48.3 Å². The number of nitrogens with one attached hydrogen (secondary N) is 1. The first-order valence-electron chi connectivity index (χ1n) is 7.72. The quantitative estimate of drug-likeness (QED) is 0.736. The second kappa shape index (κ2) is 8.63. The minimum absolute atomic E-state index is 0.0659. The van der Waals surface area contributed by atoms with Gasteiger partial charge in [0.15, 0.2) is 0 Å². The molecule has 0 atom stereocenters. The van der Waals surface area contributed by atoms with Crippen LogP contribution < -0.4 is 14.8 Å². The molecule has 0 aliphatic rings. The van der Waals surface area contributed by atoms with Crippen LogP contribution >= 0.6 is 0 Å². The van der Waals surface area contributed by atoms with Crippen LogP contribution in [0, 0.1) is 0 Å². The van der Waals surface area contributed by atoms with E-state index < -0.39 is 15.9 Å². The van der Waals surface area contributed by atoms with Crippen LogP contribution in [0.1, 0.15) is 5.56 Å². The monoisotopic (exact) mass is 379 g/mol. The summed E-state index contributed by atoms with van der Waals surface area (Å²) in [5, 5.41) is 2.68. The van der Waals surface area contributed by atoms with Gasteiger partial charge in [0.05, 0.1) is 20.8 Å². The summed E-state index contributed by atoms with van der Waals surface area (Å²) < 4.78 is 36.7. The Labute approximate surface area is 152 Å². The molecule has 2 aromatic rings. The average Bonchev–Trinajstić information content (AvgIpc) is 2.66. The topological polar surface area (TPSA) is 97.8 Å². The normalized spacial score (nSPS) is 11.2. The molecule has 0 aliphatic carbocycles. The van der Waals surface area contributed by atoms with E-state index in [1.807, 2.05) is 0 Å². The number of hydrogen-bond donors (Lipinski definition) is 1.